The number of rotatable bonds is 14. The molecule has 1 fully saturated rings. The van der Waals surface area contributed by atoms with Crippen LogP contribution < -0.4 is 17.2 Å². The Bertz CT molecular complexity index is 1180. The zero-order valence-corrected chi connectivity index (χ0v) is 21.8. The van der Waals surface area contributed by atoms with E-state index in [4.69, 9.17) is 35.5 Å². The molecule has 0 bridgehead atoms. The average molecular weight is 592 g/mol. The van der Waals surface area contributed by atoms with E-state index in [0.29, 0.717) is 19.8 Å². The molecule has 8 N–H and O–H groups in total. The molecule has 1 aliphatic heterocycles. The highest BCUT2D eigenvalue weighted by Crippen LogP contribution is 2.66. The molecule has 18 nitrogen and oxygen atoms in total. The van der Waals surface area contributed by atoms with Crippen LogP contribution in [0.5, 0.6) is 0 Å². The first-order valence-electron chi connectivity index (χ1n) is 10.3. The summed E-state index contributed by atoms with van der Waals surface area (Å²) in [5.41, 5.74) is 8.46. The van der Waals surface area contributed by atoms with E-state index in [1.165, 1.54) is 12.3 Å². The predicted octanol–water partition coefficient (Wildman–Crippen LogP) is -1.00. The van der Waals surface area contributed by atoms with E-state index in [1.807, 2.05) is 0 Å². The van der Waals surface area contributed by atoms with Gasteiger partial charge >= 0.3 is 29.2 Å². The van der Waals surface area contributed by atoms with Crippen molar-refractivity contribution in [1.29, 1.82) is 0 Å². The molecular formula is C16H27N4O14P3. The molecule has 0 aliphatic carbocycles. The van der Waals surface area contributed by atoms with Crippen LogP contribution in [0.1, 0.15) is 12.8 Å². The first-order chi connectivity index (χ1) is 17.2. The lowest BCUT2D eigenvalue weighted by molar-refractivity contribution is -0.0719. The van der Waals surface area contributed by atoms with Gasteiger partial charge in [0.2, 0.25) is 5.72 Å². The van der Waals surface area contributed by atoms with Crippen molar-refractivity contribution in [2.24, 2.45) is 5.73 Å². The highest BCUT2D eigenvalue weighted by atomic mass is 31.3. The number of phosphoric acid groups is 3. The molecular weight excluding hydrogens is 565 g/mol. The molecule has 0 aromatic carbocycles. The van der Waals surface area contributed by atoms with Gasteiger partial charge in [-0.1, -0.05) is 5.92 Å². The van der Waals surface area contributed by atoms with Crippen molar-refractivity contribution in [2.45, 2.75) is 24.7 Å². The summed E-state index contributed by atoms with van der Waals surface area (Å²) in [6.07, 6.45) is 0.505. The van der Waals surface area contributed by atoms with Gasteiger partial charge < -0.3 is 45.3 Å². The fourth-order valence-electron chi connectivity index (χ4n) is 2.97. The van der Waals surface area contributed by atoms with E-state index >= 15 is 0 Å². The summed E-state index contributed by atoms with van der Waals surface area (Å²) in [5, 5.41) is 0. The van der Waals surface area contributed by atoms with Gasteiger partial charge in [0.1, 0.15) is 12.4 Å². The largest absolute Gasteiger partial charge is 0.490 e. The summed E-state index contributed by atoms with van der Waals surface area (Å²) in [6, 6.07) is 1.33. The van der Waals surface area contributed by atoms with Crippen LogP contribution in [0.2, 0.25) is 0 Å². The molecule has 210 valence electrons. The van der Waals surface area contributed by atoms with Crippen LogP contribution in [0.15, 0.2) is 17.1 Å². The summed E-state index contributed by atoms with van der Waals surface area (Å²) >= 11 is 0. The molecule has 21 heteroatoms. The number of nitrogen functional groups attached to an aromatic ring is 1. The van der Waals surface area contributed by atoms with Crippen molar-refractivity contribution < 1.29 is 60.6 Å². The Labute approximate surface area is 210 Å². The number of nitrogens with zero attached hydrogens (tertiary/aromatic N) is 2. The van der Waals surface area contributed by atoms with Gasteiger partial charge in [-0.15, -0.1) is 0 Å². The van der Waals surface area contributed by atoms with Crippen LogP contribution in [-0.4, -0.2) is 74.8 Å². The zero-order valence-electron chi connectivity index (χ0n) is 19.2. The van der Waals surface area contributed by atoms with E-state index < -0.39 is 47.6 Å². The predicted molar refractivity (Wildman–Crippen MR) is 123 cm³/mol. The molecule has 0 saturated carbocycles. The Morgan fingerprint density at radius 2 is 1.84 bits per heavy atom. The standard InChI is InChI=1S/C16H27N4O14P3/c17-6-9-30-11-10-29-8-1-4-16(20-7-3-14(18)19-15(20)21)5-2-13(32-16)12-31-36(25,26)34-37(27,28)33-35(22,23)24/h3,7,13H,2,5-6,8-12,17H2,(H,25,26)(H,27,28)(H2,18,19,21)(H2,22,23,24)/t13-,16+/m0/s1. The average Bonchev–Trinajstić information content (AvgIpc) is 3.16. The van der Waals surface area contributed by atoms with Gasteiger partial charge in [-0.25, -0.2) is 18.5 Å². The lowest BCUT2D eigenvalue weighted by Crippen LogP contribution is -2.41. The molecule has 0 spiro atoms. The van der Waals surface area contributed by atoms with Gasteiger partial charge in [0.05, 0.1) is 32.5 Å². The van der Waals surface area contributed by atoms with E-state index in [2.05, 4.69) is 30.0 Å². The minimum atomic E-state index is -5.67. The number of hydrogen-bond acceptors (Lipinski definition) is 13. The third kappa shape index (κ3) is 11.0. The Hall–Kier alpha value is -1.51. The molecule has 2 unspecified atom stereocenters. The number of aromatic nitrogens is 2. The molecule has 2 heterocycles. The number of ether oxygens (including phenoxy) is 3. The minimum Gasteiger partial charge on any atom is -0.383 e. The summed E-state index contributed by atoms with van der Waals surface area (Å²) < 4.78 is 63.5. The van der Waals surface area contributed by atoms with Crippen molar-refractivity contribution >= 4 is 29.3 Å². The summed E-state index contributed by atoms with van der Waals surface area (Å²) in [5.74, 6) is 5.45. The van der Waals surface area contributed by atoms with E-state index in [9.17, 15) is 28.3 Å². The van der Waals surface area contributed by atoms with Gasteiger partial charge in [-0.2, -0.15) is 13.6 Å². The third-order valence-corrected chi connectivity index (χ3v) is 8.12. The van der Waals surface area contributed by atoms with Crippen LogP contribution in [-0.2, 0) is 46.8 Å². The normalized spacial score (nSPS) is 23.1. The lowest BCUT2D eigenvalue weighted by atomic mass is 10.1. The Morgan fingerprint density at radius 3 is 2.49 bits per heavy atom. The SMILES string of the molecule is NCCOCCOCC#C[C@]1(n2ccc(N)nc2=O)CC[C@@H](COP(=O)(O)OP(=O)(O)OP(=O)(O)O)O1. The quantitative estimate of drug-likeness (QED) is 0.0858. The maximum absolute atomic E-state index is 12.5. The van der Waals surface area contributed by atoms with Crippen molar-refractivity contribution in [3.05, 3.63) is 22.7 Å². The molecule has 0 radical (unpaired) electrons. The zero-order chi connectivity index (χ0) is 27.7. The van der Waals surface area contributed by atoms with Gasteiger partial charge in [-0.05, 0) is 18.4 Å². The second kappa shape index (κ2) is 13.5. The molecule has 0 amide bonds. The van der Waals surface area contributed by atoms with Crippen molar-refractivity contribution in [2.75, 3.05) is 45.3 Å². The lowest BCUT2D eigenvalue weighted by Gasteiger charge is -2.26. The Kier molecular flexibility index (Phi) is 11.6. The van der Waals surface area contributed by atoms with Crippen molar-refractivity contribution in [1.82, 2.24) is 9.55 Å². The van der Waals surface area contributed by atoms with Crippen LogP contribution in [0.4, 0.5) is 5.82 Å². The van der Waals surface area contributed by atoms with E-state index in [-0.39, 0.29) is 31.9 Å². The molecule has 2 rings (SSSR count). The third-order valence-electron chi connectivity index (χ3n) is 4.31. The summed E-state index contributed by atoms with van der Waals surface area (Å²) in [4.78, 5) is 52.2. The molecule has 1 saturated heterocycles. The smallest absolute Gasteiger partial charge is 0.383 e. The Balaban J connectivity index is 2.09. The monoisotopic (exact) mass is 592 g/mol. The number of hydrogen-bond donors (Lipinski definition) is 6. The number of anilines is 1. The topological polar surface area (TPSA) is 274 Å². The molecule has 4 atom stereocenters. The van der Waals surface area contributed by atoms with Crippen LogP contribution in [0.25, 0.3) is 0 Å². The van der Waals surface area contributed by atoms with Gasteiger partial charge in [0.15, 0.2) is 0 Å². The molecule has 1 aromatic rings. The fraction of sp³-hybridized carbons (Fsp3) is 0.625. The van der Waals surface area contributed by atoms with Crippen molar-refractivity contribution in [3.8, 4) is 11.8 Å². The van der Waals surface area contributed by atoms with Crippen LogP contribution in [0, 0.1) is 11.8 Å². The highest BCUT2D eigenvalue weighted by Gasteiger charge is 2.44. The maximum atomic E-state index is 12.5. The Morgan fingerprint density at radius 1 is 1.14 bits per heavy atom. The van der Waals surface area contributed by atoms with Crippen LogP contribution >= 0.6 is 23.5 Å². The van der Waals surface area contributed by atoms with Crippen molar-refractivity contribution in [3.63, 3.8) is 0 Å². The number of phosphoric ester groups is 1. The first kappa shape index (κ1) is 31.7. The fourth-order valence-corrected chi connectivity index (χ4v) is 6.02. The van der Waals surface area contributed by atoms with Gasteiger partial charge in [0.25, 0.3) is 0 Å². The first-order valence-corrected chi connectivity index (χ1v) is 14.9. The second-order valence-electron chi connectivity index (χ2n) is 7.21. The number of nitrogens with two attached hydrogens (primary N) is 2. The molecule has 1 aromatic heterocycles. The van der Waals surface area contributed by atoms with Gasteiger partial charge in [-0.3, -0.25) is 9.09 Å². The highest BCUT2D eigenvalue weighted by molar-refractivity contribution is 7.66. The van der Waals surface area contributed by atoms with E-state index in [1.54, 1.807) is 0 Å². The van der Waals surface area contributed by atoms with E-state index in [0.717, 1.165) is 4.57 Å². The van der Waals surface area contributed by atoms with Gasteiger partial charge in [0, 0.05) is 19.2 Å². The summed E-state index contributed by atoms with van der Waals surface area (Å²) in [6.45, 7) is 0.507. The van der Waals surface area contributed by atoms with Crippen LogP contribution in [0.3, 0.4) is 0 Å². The second-order valence-corrected chi connectivity index (χ2v) is 11.6. The molecule has 37 heavy (non-hydrogen) atoms. The maximum Gasteiger partial charge on any atom is 0.490 e. The summed E-state index contributed by atoms with van der Waals surface area (Å²) in [7, 11) is -16.6. The minimum absolute atomic E-state index is 0.0487. The molecule has 1 aliphatic rings.